The third kappa shape index (κ3) is 3.45. The Morgan fingerprint density at radius 2 is 1.64 bits per heavy atom. The SMILES string of the molecule is O=C(O)c1ccc(-c2ccccc2F)cc1OCc1cccc2ccccc12. The van der Waals surface area contributed by atoms with Crippen molar-refractivity contribution in [2.45, 2.75) is 6.61 Å². The highest BCUT2D eigenvalue weighted by Crippen LogP contribution is 2.30. The number of rotatable bonds is 5. The van der Waals surface area contributed by atoms with E-state index in [1.54, 1.807) is 30.3 Å². The molecule has 1 N–H and O–H groups in total. The lowest BCUT2D eigenvalue weighted by Gasteiger charge is -2.13. The van der Waals surface area contributed by atoms with E-state index in [4.69, 9.17) is 4.74 Å². The smallest absolute Gasteiger partial charge is 0.339 e. The molecule has 0 heterocycles. The summed E-state index contributed by atoms with van der Waals surface area (Å²) in [6.45, 7) is 0.211. The molecule has 0 aromatic heterocycles. The first-order chi connectivity index (χ1) is 13.6. The van der Waals surface area contributed by atoms with Crippen molar-refractivity contribution in [2.24, 2.45) is 0 Å². The molecule has 4 heteroatoms. The van der Waals surface area contributed by atoms with Crippen molar-refractivity contribution < 1.29 is 19.0 Å². The largest absolute Gasteiger partial charge is 0.488 e. The summed E-state index contributed by atoms with van der Waals surface area (Å²) in [6, 6.07) is 24.8. The Morgan fingerprint density at radius 3 is 2.46 bits per heavy atom. The van der Waals surface area contributed by atoms with E-state index in [0.29, 0.717) is 11.1 Å². The molecule has 0 aliphatic carbocycles. The fraction of sp³-hybridized carbons (Fsp3) is 0.0417. The third-order valence-electron chi connectivity index (χ3n) is 4.66. The first kappa shape index (κ1) is 17.7. The maximum Gasteiger partial charge on any atom is 0.339 e. The number of carbonyl (C=O) groups is 1. The van der Waals surface area contributed by atoms with Gasteiger partial charge in [-0.05, 0) is 40.1 Å². The quantitative estimate of drug-likeness (QED) is 0.473. The Labute approximate surface area is 161 Å². The molecule has 0 atom stereocenters. The Bertz CT molecular complexity index is 1160. The summed E-state index contributed by atoms with van der Waals surface area (Å²) in [4.78, 5) is 11.6. The minimum absolute atomic E-state index is 0.0420. The monoisotopic (exact) mass is 372 g/mol. The van der Waals surface area contributed by atoms with E-state index in [0.717, 1.165) is 16.3 Å². The Kier molecular flexibility index (Phi) is 4.77. The van der Waals surface area contributed by atoms with Gasteiger partial charge in [0.15, 0.2) is 0 Å². The summed E-state index contributed by atoms with van der Waals surface area (Å²) in [6.07, 6.45) is 0. The van der Waals surface area contributed by atoms with E-state index < -0.39 is 5.97 Å². The molecule has 0 saturated heterocycles. The minimum Gasteiger partial charge on any atom is -0.488 e. The van der Waals surface area contributed by atoms with Gasteiger partial charge in [0.05, 0.1) is 0 Å². The minimum atomic E-state index is -1.09. The van der Waals surface area contributed by atoms with Gasteiger partial charge in [-0.2, -0.15) is 0 Å². The van der Waals surface area contributed by atoms with Crippen LogP contribution in [0.3, 0.4) is 0 Å². The third-order valence-corrected chi connectivity index (χ3v) is 4.66. The zero-order chi connectivity index (χ0) is 19.5. The van der Waals surface area contributed by atoms with Gasteiger partial charge >= 0.3 is 5.97 Å². The van der Waals surface area contributed by atoms with Crippen LogP contribution < -0.4 is 4.74 Å². The molecule has 0 fully saturated rings. The molecule has 0 aliphatic rings. The van der Waals surface area contributed by atoms with Gasteiger partial charge in [-0.25, -0.2) is 9.18 Å². The molecular weight excluding hydrogens is 355 g/mol. The number of hydrogen-bond acceptors (Lipinski definition) is 2. The number of ether oxygens (including phenoxy) is 1. The van der Waals surface area contributed by atoms with Crippen LogP contribution in [-0.2, 0) is 6.61 Å². The van der Waals surface area contributed by atoms with E-state index in [9.17, 15) is 14.3 Å². The average Bonchev–Trinajstić information content (AvgIpc) is 2.72. The standard InChI is InChI=1S/C24H17FO3/c25-22-11-4-3-10-20(22)17-12-13-21(24(26)27)23(14-17)28-15-18-8-5-7-16-6-1-2-9-19(16)18/h1-14H,15H2,(H,26,27). The van der Waals surface area contributed by atoms with E-state index >= 15 is 0 Å². The van der Waals surface area contributed by atoms with Crippen molar-refractivity contribution >= 4 is 16.7 Å². The highest BCUT2D eigenvalue weighted by Gasteiger charge is 2.15. The molecule has 0 unspecified atom stereocenters. The Balaban J connectivity index is 1.70. The highest BCUT2D eigenvalue weighted by atomic mass is 19.1. The molecule has 3 nitrogen and oxygen atoms in total. The molecular formula is C24H17FO3. The van der Waals surface area contributed by atoms with Crippen molar-refractivity contribution in [3.63, 3.8) is 0 Å². The molecule has 28 heavy (non-hydrogen) atoms. The molecule has 0 radical (unpaired) electrons. The number of carboxylic acid groups (broad SMARTS) is 1. The Hall–Kier alpha value is -3.66. The van der Waals surface area contributed by atoms with Crippen LogP contribution in [0.1, 0.15) is 15.9 Å². The van der Waals surface area contributed by atoms with Gasteiger partial charge < -0.3 is 9.84 Å². The summed E-state index contributed by atoms with van der Waals surface area (Å²) in [5.74, 6) is -1.25. The number of fused-ring (bicyclic) bond motifs is 1. The van der Waals surface area contributed by atoms with E-state index in [1.165, 1.54) is 12.1 Å². The molecule has 4 aromatic carbocycles. The first-order valence-electron chi connectivity index (χ1n) is 8.85. The normalized spacial score (nSPS) is 10.8. The molecule has 0 saturated carbocycles. The second-order valence-corrected chi connectivity index (χ2v) is 6.42. The van der Waals surface area contributed by atoms with Crippen LogP contribution in [0.15, 0.2) is 84.9 Å². The molecule has 0 bridgehead atoms. The number of hydrogen-bond donors (Lipinski definition) is 1. The van der Waals surface area contributed by atoms with Crippen LogP contribution in [-0.4, -0.2) is 11.1 Å². The number of carboxylic acids is 1. The van der Waals surface area contributed by atoms with Crippen molar-refractivity contribution in [1.82, 2.24) is 0 Å². The second kappa shape index (κ2) is 7.53. The van der Waals surface area contributed by atoms with Crippen LogP contribution >= 0.6 is 0 Å². The Morgan fingerprint density at radius 1 is 0.893 bits per heavy atom. The maximum atomic E-state index is 14.1. The summed E-state index contributed by atoms with van der Waals surface area (Å²) in [7, 11) is 0. The van der Waals surface area contributed by atoms with Gasteiger partial charge in [0.2, 0.25) is 0 Å². The molecule has 0 spiro atoms. The van der Waals surface area contributed by atoms with Crippen molar-refractivity contribution in [3.05, 3.63) is 102 Å². The van der Waals surface area contributed by atoms with E-state index in [1.807, 2.05) is 42.5 Å². The van der Waals surface area contributed by atoms with Crippen LogP contribution in [0.2, 0.25) is 0 Å². The number of aromatic carboxylic acids is 1. The van der Waals surface area contributed by atoms with Crippen LogP contribution in [0.25, 0.3) is 21.9 Å². The fourth-order valence-electron chi connectivity index (χ4n) is 3.26. The van der Waals surface area contributed by atoms with Gasteiger partial charge in [-0.1, -0.05) is 66.7 Å². The summed E-state index contributed by atoms with van der Waals surface area (Å²) in [5, 5.41) is 11.6. The van der Waals surface area contributed by atoms with Gasteiger partial charge in [-0.3, -0.25) is 0 Å². The van der Waals surface area contributed by atoms with Crippen molar-refractivity contribution in [1.29, 1.82) is 0 Å². The zero-order valence-electron chi connectivity index (χ0n) is 14.9. The summed E-state index contributed by atoms with van der Waals surface area (Å²) in [5.41, 5.74) is 1.96. The van der Waals surface area contributed by atoms with E-state index in [-0.39, 0.29) is 23.7 Å². The van der Waals surface area contributed by atoms with Crippen molar-refractivity contribution in [2.75, 3.05) is 0 Å². The summed E-state index contributed by atoms with van der Waals surface area (Å²) < 4.78 is 20.0. The molecule has 4 rings (SSSR count). The fourth-order valence-corrected chi connectivity index (χ4v) is 3.26. The average molecular weight is 372 g/mol. The van der Waals surface area contributed by atoms with Gasteiger partial charge in [0, 0.05) is 5.56 Å². The highest BCUT2D eigenvalue weighted by molar-refractivity contribution is 5.92. The van der Waals surface area contributed by atoms with Crippen LogP contribution in [0.5, 0.6) is 5.75 Å². The summed E-state index contributed by atoms with van der Waals surface area (Å²) >= 11 is 0. The predicted molar refractivity (Wildman–Crippen MR) is 107 cm³/mol. The predicted octanol–water partition coefficient (Wildman–Crippen LogP) is 5.92. The number of halogens is 1. The van der Waals surface area contributed by atoms with Crippen LogP contribution in [0, 0.1) is 5.82 Å². The molecule has 4 aromatic rings. The van der Waals surface area contributed by atoms with Crippen molar-refractivity contribution in [3.8, 4) is 16.9 Å². The van der Waals surface area contributed by atoms with Gasteiger partial charge in [-0.15, -0.1) is 0 Å². The lowest BCUT2D eigenvalue weighted by molar-refractivity contribution is 0.0692. The van der Waals surface area contributed by atoms with Crippen LogP contribution in [0.4, 0.5) is 4.39 Å². The molecule has 138 valence electrons. The second-order valence-electron chi connectivity index (χ2n) is 6.42. The van der Waals surface area contributed by atoms with E-state index in [2.05, 4.69) is 0 Å². The molecule has 0 aliphatic heterocycles. The molecule has 0 amide bonds. The zero-order valence-corrected chi connectivity index (χ0v) is 14.9. The number of benzene rings is 4. The first-order valence-corrected chi connectivity index (χ1v) is 8.85. The van der Waals surface area contributed by atoms with Gasteiger partial charge in [0.1, 0.15) is 23.7 Å². The maximum absolute atomic E-state index is 14.1. The lowest BCUT2D eigenvalue weighted by atomic mass is 10.0. The topological polar surface area (TPSA) is 46.5 Å². The lowest BCUT2D eigenvalue weighted by Crippen LogP contribution is -2.04. The van der Waals surface area contributed by atoms with Gasteiger partial charge in [0.25, 0.3) is 0 Å².